The molecule has 1 saturated carbocycles. The fourth-order valence-electron chi connectivity index (χ4n) is 4.31. The summed E-state index contributed by atoms with van der Waals surface area (Å²) in [7, 11) is 1.25. The molecule has 2 fully saturated rings. The molecule has 5 rings (SSSR count). The van der Waals surface area contributed by atoms with Crippen LogP contribution < -0.4 is 20.7 Å². The number of halogens is 5. The number of methoxy groups -OCH3 is 1. The van der Waals surface area contributed by atoms with E-state index in [1.165, 1.54) is 13.2 Å². The first kappa shape index (κ1) is 23.8. The molecule has 0 bridgehead atoms. The van der Waals surface area contributed by atoms with E-state index in [2.05, 4.69) is 20.9 Å². The van der Waals surface area contributed by atoms with Gasteiger partial charge >= 0.3 is 12.2 Å². The van der Waals surface area contributed by atoms with Gasteiger partial charge in [0.25, 0.3) is 0 Å². The third kappa shape index (κ3) is 4.18. The minimum absolute atomic E-state index is 0.0200. The third-order valence-corrected chi connectivity index (χ3v) is 6.35. The molecule has 2 atom stereocenters. The van der Waals surface area contributed by atoms with Crippen molar-refractivity contribution in [3.63, 3.8) is 0 Å². The second kappa shape index (κ2) is 8.35. The highest BCUT2D eigenvalue weighted by molar-refractivity contribution is 5.90. The van der Waals surface area contributed by atoms with Gasteiger partial charge in [-0.15, -0.1) is 0 Å². The first-order chi connectivity index (χ1) is 17.0. The molecule has 2 aromatic carbocycles. The summed E-state index contributed by atoms with van der Waals surface area (Å²) in [6.45, 7) is -0.109. The summed E-state index contributed by atoms with van der Waals surface area (Å²) in [4.78, 5) is 29.4. The summed E-state index contributed by atoms with van der Waals surface area (Å²) >= 11 is 0. The number of hydrogen-bond acceptors (Lipinski definition) is 5. The van der Waals surface area contributed by atoms with Crippen molar-refractivity contribution in [2.24, 2.45) is 0 Å². The molecule has 0 radical (unpaired) electrons. The average Bonchev–Trinajstić information content (AvgIpc) is 3.31. The quantitative estimate of drug-likeness (QED) is 0.454. The van der Waals surface area contributed by atoms with Gasteiger partial charge in [-0.1, -0.05) is 0 Å². The van der Waals surface area contributed by atoms with E-state index in [1.807, 2.05) is 0 Å². The second-order valence-corrected chi connectivity index (χ2v) is 8.71. The Kier molecular flexibility index (Phi) is 5.52. The molecule has 36 heavy (non-hydrogen) atoms. The predicted molar refractivity (Wildman–Crippen MR) is 114 cm³/mol. The summed E-state index contributed by atoms with van der Waals surface area (Å²) in [6, 6.07) is 2.73. The van der Waals surface area contributed by atoms with Crippen molar-refractivity contribution in [2.75, 3.05) is 13.7 Å². The van der Waals surface area contributed by atoms with E-state index >= 15 is 0 Å². The van der Waals surface area contributed by atoms with Crippen LogP contribution in [-0.4, -0.2) is 36.6 Å². The van der Waals surface area contributed by atoms with Gasteiger partial charge in [0.05, 0.1) is 12.7 Å². The first-order valence-electron chi connectivity index (χ1n) is 10.9. The van der Waals surface area contributed by atoms with E-state index in [0.29, 0.717) is 12.8 Å². The van der Waals surface area contributed by atoms with Crippen LogP contribution in [0, 0.1) is 11.6 Å². The number of urea groups is 1. The van der Waals surface area contributed by atoms with Crippen molar-refractivity contribution >= 4 is 23.0 Å². The maximum atomic E-state index is 14.6. The molecule has 1 saturated heterocycles. The Morgan fingerprint density at radius 3 is 2.50 bits per heavy atom. The number of alkyl halides is 3. The van der Waals surface area contributed by atoms with Crippen molar-refractivity contribution in [1.29, 1.82) is 0 Å². The number of carbonyl (C=O) groups excluding carboxylic acids is 2. The number of fused-ring (bicyclic) bond motifs is 1. The molecule has 190 valence electrons. The van der Waals surface area contributed by atoms with Crippen LogP contribution in [0.5, 0.6) is 5.75 Å². The van der Waals surface area contributed by atoms with Crippen molar-refractivity contribution < 1.29 is 40.7 Å². The molecule has 2 aliphatic rings. The highest BCUT2D eigenvalue weighted by Gasteiger charge is 2.51. The normalized spacial score (nSPS) is 20.8. The zero-order valence-corrected chi connectivity index (χ0v) is 18.6. The molecule has 3 aromatic rings. The predicted octanol–water partition coefficient (Wildman–Crippen LogP) is 3.70. The smallest absolute Gasteiger partial charge is 0.416 e. The molecule has 3 amide bonds. The molecule has 3 N–H and O–H groups in total. The number of aromatic nitrogens is 1. The highest BCUT2D eigenvalue weighted by atomic mass is 19.4. The number of amides is 3. The van der Waals surface area contributed by atoms with E-state index in [4.69, 9.17) is 9.15 Å². The van der Waals surface area contributed by atoms with Crippen LogP contribution in [0.2, 0.25) is 0 Å². The summed E-state index contributed by atoms with van der Waals surface area (Å²) in [5, 5.41) is 7.57. The van der Waals surface area contributed by atoms with Crippen LogP contribution in [0.1, 0.15) is 35.8 Å². The lowest BCUT2D eigenvalue weighted by Crippen LogP contribution is -2.50. The summed E-state index contributed by atoms with van der Waals surface area (Å²) in [5.74, 6) is -3.53. The standard InChI is InChI=1S/C23H19F5N4O4/c1-35-11-7-13(24)17(14(25)8-11)12-9-29-19(33)18(12)31-21(34)32-22(4-5-22)20-30-15-3-2-10(23(26,27)28)6-16(15)36-20/h2-3,6-8,12,18H,4-5,9H2,1H3,(H,29,33)(H2,31,32,34)/t12-,18-/m0/s1. The van der Waals surface area contributed by atoms with E-state index < -0.39 is 52.8 Å². The molecule has 8 nitrogen and oxygen atoms in total. The van der Waals surface area contributed by atoms with Crippen LogP contribution in [0.15, 0.2) is 34.7 Å². The maximum Gasteiger partial charge on any atom is 0.416 e. The van der Waals surface area contributed by atoms with Crippen molar-refractivity contribution in [3.05, 3.63) is 59.0 Å². The average molecular weight is 510 g/mol. The third-order valence-electron chi connectivity index (χ3n) is 6.35. The molecule has 1 aliphatic carbocycles. The van der Waals surface area contributed by atoms with Gasteiger partial charge in [0.15, 0.2) is 5.58 Å². The van der Waals surface area contributed by atoms with Gasteiger partial charge in [0.1, 0.15) is 34.5 Å². The van der Waals surface area contributed by atoms with Crippen LogP contribution >= 0.6 is 0 Å². The van der Waals surface area contributed by atoms with Gasteiger partial charge in [-0.2, -0.15) is 13.2 Å². The maximum absolute atomic E-state index is 14.6. The number of rotatable bonds is 5. The Bertz CT molecular complexity index is 1350. The monoisotopic (exact) mass is 510 g/mol. The van der Waals surface area contributed by atoms with E-state index in [1.54, 1.807) is 0 Å². The summed E-state index contributed by atoms with van der Waals surface area (Å²) in [6.07, 6.45) is -3.78. The Hall–Kier alpha value is -3.90. The van der Waals surface area contributed by atoms with E-state index in [9.17, 15) is 31.5 Å². The molecule has 0 spiro atoms. The van der Waals surface area contributed by atoms with Gasteiger partial charge in [-0.3, -0.25) is 4.79 Å². The fourth-order valence-corrected chi connectivity index (χ4v) is 4.31. The minimum atomic E-state index is -4.56. The van der Waals surface area contributed by atoms with Crippen LogP contribution in [0.25, 0.3) is 11.1 Å². The number of oxazole rings is 1. The Morgan fingerprint density at radius 2 is 1.89 bits per heavy atom. The Morgan fingerprint density at radius 1 is 1.19 bits per heavy atom. The summed E-state index contributed by atoms with van der Waals surface area (Å²) < 4.78 is 78.6. The summed E-state index contributed by atoms with van der Waals surface area (Å²) in [5.41, 5.74) is -2.26. The number of nitrogens with one attached hydrogen (secondary N) is 3. The largest absolute Gasteiger partial charge is 0.497 e. The molecule has 0 unspecified atom stereocenters. The van der Waals surface area contributed by atoms with Gasteiger partial charge in [-0.05, 0) is 31.0 Å². The molecular weight excluding hydrogens is 491 g/mol. The van der Waals surface area contributed by atoms with Crippen LogP contribution in [0.4, 0.5) is 26.7 Å². The van der Waals surface area contributed by atoms with Gasteiger partial charge in [-0.25, -0.2) is 18.6 Å². The van der Waals surface area contributed by atoms with E-state index in [-0.39, 0.29) is 34.8 Å². The second-order valence-electron chi connectivity index (χ2n) is 8.71. The number of nitrogens with zero attached hydrogens (tertiary/aromatic N) is 1. The molecule has 1 aromatic heterocycles. The number of ether oxygens (including phenoxy) is 1. The first-order valence-corrected chi connectivity index (χ1v) is 10.9. The lowest BCUT2D eigenvalue weighted by atomic mass is 9.93. The highest BCUT2D eigenvalue weighted by Crippen LogP contribution is 2.46. The van der Waals surface area contributed by atoms with Crippen molar-refractivity contribution in [1.82, 2.24) is 20.9 Å². The van der Waals surface area contributed by atoms with Crippen molar-refractivity contribution in [3.8, 4) is 5.75 Å². The molecule has 1 aliphatic heterocycles. The van der Waals surface area contributed by atoms with Crippen LogP contribution in [-0.2, 0) is 16.5 Å². The van der Waals surface area contributed by atoms with Gasteiger partial charge in [0, 0.05) is 30.2 Å². The minimum Gasteiger partial charge on any atom is -0.497 e. The lowest BCUT2D eigenvalue weighted by molar-refractivity contribution is -0.137. The molecule has 13 heteroatoms. The topological polar surface area (TPSA) is 105 Å². The Labute approximate surface area is 200 Å². The van der Waals surface area contributed by atoms with E-state index in [0.717, 1.165) is 24.3 Å². The van der Waals surface area contributed by atoms with Gasteiger partial charge in [0.2, 0.25) is 11.8 Å². The Balaban J connectivity index is 1.34. The number of carbonyl (C=O) groups is 2. The zero-order valence-electron chi connectivity index (χ0n) is 18.6. The lowest BCUT2D eigenvalue weighted by Gasteiger charge is -2.22. The zero-order chi connectivity index (χ0) is 25.8. The van der Waals surface area contributed by atoms with Crippen LogP contribution in [0.3, 0.4) is 0 Å². The van der Waals surface area contributed by atoms with Gasteiger partial charge < -0.3 is 25.1 Å². The number of hydrogen-bond donors (Lipinski definition) is 3. The molecule has 2 heterocycles. The molecular formula is C23H19F5N4O4. The SMILES string of the molecule is COc1cc(F)c([C@@H]2CNC(=O)[C@H]2NC(=O)NC2(c3nc4ccc(C(F)(F)F)cc4o3)CC2)c(F)c1. The number of benzene rings is 2. The fraction of sp³-hybridized carbons (Fsp3) is 0.348. The van der Waals surface area contributed by atoms with Crippen molar-refractivity contribution in [2.45, 2.75) is 36.5 Å².